The summed E-state index contributed by atoms with van der Waals surface area (Å²) in [5, 5.41) is 4.28. The Kier molecular flexibility index (Phi) is 1.85. The van der Waals surface area contributed by atoms with Gasteiger partial charge in [-0.15, -0.1) is 0 Å². The number of aryl methyl sites for hydroxylation is 2. The molecule has 0 aliphatic rings. The van der Waals surface area contributed by atoms with Crippen molar-refractivity contribution in [2.24, 2.45) is 0 Å². The predicted molar refractivity (Wildman–Crippen MR) is 50.8 cm³/mol. The summed E-state index contributed by atoms with van der Waals surface area (Å²) >= 11 is 0. The summed E-state index contributed by atoms with van der Waals surface area (Å²) in [4.78, 5) is 4.22. The van der Waals surface area contributed by atoms with Crippen LogP contribution in [-0.2, 0) is 0 Å². The standard InChI is InChI=1S/C10H11N3/c1-8-3-5-11-10(7-8)13-6-4-9(2)12-13/h3-7H,1-2H3. The quantitative estimate of drug-likeness (QED) is 0.659. The monoisotopic (exact) mass is 173 g/mol. The third-order valence-electron chi connectivity index (χ3n) is 1.86. The Morgan fingerprint density at radius 3 is 2.69 bits per heavy atom. The van der Waals surface area contributed by atoms with Gasteiger partial charge < -0.3 is 0 Å². The third-order valence-corrected chi connectivity index (χ3v) is 1.86. The largest absolute Gasteiger partial charge is 0.237 e. The van der Waals surface area contributed by atoms with Crippen LogP contribution >= 0.6 is 0 Å². The van der Waals surface area contributed by atoms with Gasteiger partial charge >= 0.3 is 0 Å². The van der Waals surface area contributed by atoms with E-state index in [1.807, 2.05) is 38.2 Å². The SMILES string of the molecule is Cc1ccnc(-n2ccc(C)n2)c1. The molecule has 0 bridgehead atoms. The zero-order valence-corrected chi connectivity index (χ0v) is 7.73. The highest BCUT2D eigenvalue weighted by molar-refractivity contribution is 5.26. The number of aromatic nitrogens is 3. The van der Waals surface area contributed by atoms with Gasteiger partial charge in [0.2, 0.25) is 0 Å². The zero-order valence-electron chi connectivity index (χ0n) is 7.73. The van der Waals surface area contributed by atoms with Gasteiger partial charge in [-0.3, -0.25) is 0 Å². The van der Waals surface area contributed by atoms with Gasteiger partial charge in [0, 0.05) is 12.4 Å². The fourth-order valence-electron chi connectivity index (χ4n) is 1.19. The number of hydrogen-bond acceptors (Lipinski definition) is 2. The lowest BCUT2D eigenvalue weighted by atomic mass is 10.3. The van der Waals surface area contributed by atoms with E-state index in [0.29, 0.717) is 0 Å². The second kappa shape index (κ2) is 3.01. The fraction of sp³-hybridized carbons (Fsp3) is 0.200. The fourth-order valence-corrected chi connectivity index (χ4v) is 1.19. The molecule has 0 radical (unpaired) electrons. The summed E-state index contributed by atoms with van der Waals surface area (Å²) in [6, 6.07) is 5.94. The molecule has 3 heteroatoms. The highest BCUT2D eigenvalue weighted by atomic mass is 15.3. The maximum Gasteiger partial charge on any atom is 0.153 e. The number of nitrogens with zero attached hydrogens (tertiary/aromatic N) is 3. The van der Waals surface area contributed by atoms with E-state index in [9.17, 15) is 0 Å². The molecule has 13 heavy (non-hydrogen) atoms. The van der Waals surface area contributed by atoms with Gasteiger partial charge in [0.15, 0.2) is 5.82 Å². The highest BCUT2D eigenvalue weighted by Crippen LogP contribution is 2.05. The maximum absolute atomic E-state index is 4.28. The Hall–Kier alpha value is -1.64. The van der Waals surface area contributed by atoms with E-state index < -0.39 is 0 Å². The Morgan fingerprint density at radius 2 is 2.08 bits per heavy atom. The maximum atomic E-state index is 4.28. The molecule has 2 heterocycles. The van der Waals surface area contributed by atoms with Crippen LogP contribution in [0.1, 0.15) is 11.3 Å². The molecule has 66 valence electrons. The van der Waals surface area contributed by atoms with Gasteiger partial charge in [-0.1, -0.05) is 0 Å². The number of hydrogen-bond donors (Lipinski definition) is 0. The molecule has 0 amide bonds. The first-order valence-corrected chi connectivity index (χ1v) is 4.21. The van der Waals surface area contributed by atoms with Crippen molar-refractivity contribution in [3.05, 3.63) is 41.9 Å². The minimum absolute atomic E-state index is 0.869. The molecular weight excluding hydrogens is 162 g/mol. The van der Waals surface area contributed by atoms with Crippen molar-refractivity contribution in [1.82, 2.24) is 14.8 Å². The van der Waals surface area contributed by atoms with Crippen molar-refractivity contribution >= 4 is 0 Å². The normalized spacial score (nSPS) is 10.3. The molecule has 0 saturated heterocycles. The van der Waals surface area contributed by atoms with Gasteiger partial charge in [0.1, 0.15) is 0 Å². The predicted octanol–water partition coefficient (Wildman–Crippen LogP) is 1.88. The molecule has 3 nitrogen and oxygen atoms in total. The summed E-state index contributed by atoms with van der Waals surface area (Å²) in [5.74, 6) is 0.869. The molecule has 2 aromatic rings. The summed E-state index contributed by atoms with van der Waals surface area (Å²) in [6.45, 7) is 4.01. The first-order valence-electron chi connectivity index (χ1n) is 4.21. The summed E-state index contributed by atoms with van der Waals surface area (Å²) in [6.07, 6.45) is 3.71. The Bertz CT molecular complexity index is 418. The molecule has 0 fully saturated rings. The highest BCUT2D eigenvalue weighted by Gasteiger charge is 1.98. The average molecular weight is 173 g/mol. The molecule has 0 aliphatic heterocycles. The van der Waals surface area contributed by atoms with E-state index in [4.69, 9.17) is 0 Å². The van der Waals surface area contributed by atoms with Crippen LogP contribution in [0.5, 0.6) is 0 Å². The van der Waals surface area contributed by atoms with Gasteiger partial charge in [-0.2, -0.15) is 5.10 Å². The molecular formula is C10H11N3. The summed E-state index contributed by atoms with van der Waals surface area (Å²) in [5.41, 5.74) is 2.20. The van der Waals surface area contributed by atoms with Crippen LogP contribution in [0.4, 0.5) is 0 Å². The summed E-state index contributed by atoms with van der Waals surface area (Å²) in [7, 11) is 0. The summed E-state index contributed by atoms with van der Waals surface area (Å²) < 4.78 is 1.78. The lowest BCUT2D eigenvalue weighted by molar-refractivity contribution is 0.831. The second-order valence-corrected chi connectivity index (χ2v) is 3.09. The Morgan fingerprint density at radius 1 is 1.23 bits per heavy atom. The number of pyridine rings is 1. The van der Waals surface area contributed by atoms with E-state index in [-0.39, 0.29) is 0 Å². The van der Waals surface area contributed by atoms with Crippen LogP contribution in [0.15, 0.2) is 30.6 Å². The van der Waals surface area contributed by atoms with E-state index >= 15 is 0 Å². The molecule has 0 aromatic carbocycles. The van der Waals surface area contributed by atoms with Crippen molar-refractivity contribution in [3.63, 3.8) is 0 Å². The van der Waals surface area contributed by atoms with Crippen LogP contribution < -0.4 is 0 Å². The van der Waals surface area contributed by atoms with Gasteiger partial charge in [-0.25, -0.2) is 9.67 Å². The van der Waals surface area contributed by atoms with E-state index in [1.165, 1.54) is 5.56 Å². The molecule has 0 aliphatic carbocycles. The van der Waals surface area contributed by atoms with E-state index in [1.54, 1.807) is 10.9 Å². The van der Waals surface area contributed by atoms with Crippen molar-refractivity contribution in [1.29, 1.82) is 0 Å². The first-order chi connectivity index (χ1) is 6.25. The van der Waals surface area contributed by atoms with Crippen LogP contribution in [0.2, 0.25) is 0 Å². The molecule has 0 spiro atoms. The second-order valence-electron chi connectivity index (χ2n) is 3.09. The molecule has 2 aromatic heterocycles. The first kappa shape index (κ1) is 7.98. The molecule has 2 rings (SSSR count). The van der Waals surface area contributed by atoms with Crippen LogP contribution in [0, 0.1) is 13.8 Å². The van der Waals surface area contributed by atoms with Crippen molar-refractivity contribution < 1.29 is 0 Å². The lowest BCUT2D eigenvalue weighted by Crippen LogP contribution is -1.98. The molecule has 0 unspecified atom stereocenters. The van der Waals surface area contributed by atoms with Crippen LogP contribution in [0.25, 0.3) is 5.82 Å². The van der Waals surface area contributed by atoms with E-state index in [0.717, 1.165) is 11.5 Å². The van der Waals surface area contributed by atoms with Crippen molar-refractivity contribution in [2.45, 2.75) is 13.8 Å². The molecule has 0 atom stereocenters. The van der Waals surface area contributed by atoms with E-state index in [2.05, 4.69) is 10.1 Å². The average Bonchev–Trinajstić information content (AvgIpc) is 2.52. The molecule has 0 N–H and O–H groups in total. The smallest absolute Gasteiger partial charge is 0.153 e. The minimum Gasteiger partial charge on any atom is -0.237 e. The van der Waals surface area contributed by atoms with Gasteiger partial charge in [0.05, 0.1) is 5.69 Å². The lowest BCUT2D eigenvalue weighted by Gasteiger charge is -1.99. The van der Waals surface area contributed by atoms with Crippen LogP contribution in [-0.4, -0.2) is 14.8 Å². The van der Waals surface area contributed by atoms with Crippen LogP contribution in [0.3, 0.4) is 0 Å². The Labute approximate surface area is 77.0 Å². The minimum atomic E-state index is 0.869. The van der Waals surface area contributed by atoms with Gasteiger partial charge in [-0.05, 0) is 37.6 Å². The molecule has 0 saturated carbocycles. The Balaban J connectivity index is 2.46. The number of rotatable bonds is 1. The van der Waals surface area contributed by atoms with Crippen molar-refractivity contribution in [2.75, 3.05) is 0 Å². The third kappa shape index (κ3) is 1.59. The zero-order chi connectivity index (χ0) is 9.26. The van der Waals surface area contributed by atoms with Crippen molar-refractivity contribution in [3.8, 4) is 5.82 Å². The van der Waals surface area contributed by atoms with Gasteiger partial charge in [0.25, 0.3) is 0 Å². The topological polar surface area (TPSA) is 30.7 Å².